The summed E-state index contributed by atoms with van der Waals surface area (Å²) in [6, 6.07) is 46.5. The molecule has 6 aromatic heterocycles. The van der Waals surface area contributed by atoms with Crippen molar-refractivity contribution in [3.05, 3.63) is 193 Å². The summed E-state index contributed by atoms with van der Waals surface area (Å²) in [6.07, 6.45) is 19.4. The first-order valence-corrected chi connectivity index (χ1v) is 43.1. The molecule has 0 bridgehead atoms. The average molecular weight is 1630 g/mol. The normalized spacial score (nSPS) is 20.9. The largest absolute Gasteiger partial charge is 0.497 e. The van der Waals surface area contributed by atoms with Crippen molar-refractivity contribution in [3.8, 4) is 39.5 Å². The van der Waals surface area contributed by atoms with Crippen LogP contribution in [-0.2, 0) is 13.0 Å². The van der Waals surface area contributed by atoms with Crippen molar-refractivity contribution in [2.24, 2.45) is 0 Å². The molecular formula is C92H115F3N24O. The molecule has 1 unspecified atom stereocenters. The highest BCUT2D eigenvalue weighted by Crippen LogP contribution is 2.43. The number of nitrogens with two attached hydrogens (primary N) is 3. The SMILES string of the molecule is CC(CNc1ccc(-c2nn(C3CCC(N4CCN(C)CC4)CC3)c3ncnc(N)c23)cc1F)c1ccccc1.CN1CCN(C2CCC(n3nc(-c4ccc(NCCCc5ccccc5)c(F)c4)c4c(N)ncnc43)CC2)CC1.COc1ccc(CNc2ccc(-c3nn(C4CCC(N5CCN(C)CC5)CC4)c4ncnc(N)c34)cc2F)cc1. The summed E-state index contributed by atoms with van der Waals surface area (Å²) in [5.74, 6) is 1.18. The molecule has 25 nitrogen and oxygen atoms in total. The highest BCUT2D eigenvalue weighted by Gasteiger charge is 2.36. The van der Waals surface area contributed by atoms with E-state index in [1.807, 2.05) is 92.9 Å². The maximum atomic E-state index is 15.3. The van der Waals surface area contributed by atoms with E-state index >= 15 is 13.2 Å². The minimum atomic E-state index is -0.350. The molecule has 3 saturated carbocycles. The number of anilines is 6. The van der Waals surface area contributed by atoms with Crippen LogP contribution in [0.1, 0.15) is 131 Å². The lowest BCUT2D eigenvalue weighted by Gasteiger charge is -2.41. The molecule has 28 heteroatoms. The van der Waals surface area contributed by atoms with Gasteiger partial charge in [-0.2, -0.15) is 15.3 Å². The van der Waals surface area contributed by atoms with Gasteiger partial charge in [0, 0.05) is 133 Å². The minimum absolute atomic E-state index is 0.226. The molecule has 0 radical (unpaired) electrons. The van der Waals surface area contributed by atoms with Crippen molar-refractivity contribution >= 4 is 67.6 Å². The van der Waals surface area contributed by atoms with E-state index in [4.69, 9.17) is 37.2 Å². The van der Waals surface area contributed by atoms with Crippen molar-refractivity contribution in [3.63, 3.8) is 0 Å². The number of benzene rings is 6. The summed E-state index contributed by atoms with van der Waals surface area (Å²) in [7, 11) is 8.23. The molecule has 3 saturated heterocycles. The standard InChI is InChI=1S/2C31H39FN8.C30H37FN8O/c1-21(22-6-4-3-5-7-22)19-34-27-13-8-23(18-26(27)32)29-28-30(33)35-20-36-31(28)40(37-29)25-11-9-24(10-12-25)39-16-14-38(2)15-17-39;1-38-16-18-39(19-17-38)24-10-12-25(13-11-24)40-31-28(30(33)35-21-36-31)29(37-40)23-9-14-27(26(32)20-23)34-15-5-8-22-6-3-2-4-7-22;1-37-13-15-38(16-14-37)22-6-8-23(9-7-22)39-30-27(29(32)34-19-35-30)28(36-39)21-5-12-26(25(31)17-21)33-18-20-3-10-24(40-2)11-4-20/h3-8,13,18,20-21,24-25,34H,9-12,14-17,19H2,1-2H3,(H2,33,35,36);2-4,6-7,9,14,20-21,24-25,34H,5,8,10-13,15-19H2,1H3,(H2,33,35,36);3-5,10-12,17,19,22-23,33H,6-9,13-16,18H2,1-2H3,(H2,32,34,35). The van der Waals surface area contributed by atoms with E-state index < -0.39 is 0 Å². The monoisotopic (exact) mass is 1630 g/mol. The first-order valence-electron chi connectivity index (χ1n) is 43.1. The lowest BCUT2D eigenvalue weighted by Crippen LogP contribution is -2.49. The number of nitrogen functional groups attached to an aromatic ring is 3. The molecule has 12 aromatic rings. The van der Waals surface area contributed by atoms with Crippen molar-refractivity contribution in [2.75, 3.05) is 153 Å². The van der Waals surface area contributed by atoms with Crippen LogP contribution in [-0.4, -0.2) is 227 Å². The molecule has 18 rings (SSSR count). The maximum Gasteiger partial charge on any atom is 0.164 e. The van der Waals surface area contributed by atoms with E-state index in [1.165, 1.54) is 36.2 Å². The van der Waals surface area contributed by atoms with Gasteiger partial charge in [0.15, 0.2) is 16.9 Å². The summed E-state index contributed by atoms with van der Waals surface area (Å²) in [6.45, 7) is 17.6. The Morgan fingerprint density at radius 3 is 1.12 bits per heavy atom. The van der Waals surface area contributed by atoms with Gasteiger partial charge < -0.3 is 52.6 Å². The molecule has 630 valence electrons. The number of piperazine rings is 3. The molecule has 3 aliphatic carbocycles. The Kier molecular flexibility index (Phi) is 26.4. The third-order valence-electron chi connectivity index (χ3n) is 25.9. The van der Waals surface area contributed by atoms with E-state index in [9.17, 15) is 0 Å². The smallest absolute Gasteiger partial charge is 0.164 e. The lowest BCUT2D eigenvalue weighted by atomic mass is 9.90. The zero-order valence-corrected chi connectivity index (χ0v) is 69.9. The van der Waals surface area contributed by atoms with Crippen molar-refractivity contribution in [2.45, 2.75) is 146 Å². The Hall–Kier alpha value is -10.9. The van der Waals surface area contributed by atoms with Crippen LogP contribution in [0.2, 0.25) is 0 Å². The molecular weight excluding hydrogens is 1510 g/mol. The van der Waals surface area contributed by atoms with Gasteiger partial charge in [0.2, 0.25) is 0 Å². The zero-order chi connectivity index (χ0) is 82.8. The van der Waals surface area contributed by atoms with E-state index in [0.29, 0.717) is 128 Å². The number of rotatable bonds is 22. The topological polar surface area (TPSA) is 274 Å². The Morgan fingerprint density at radius 1 is 0.400 bits per heavy atom. The van der Waals surface area contributed by atoms with Gasteiger partial charge in [0.1, 0.15) is 76.7 Å². The number of likely N-dealkylation sites (N-methyl/N-ethyl adjacent to an activating group) is 3. The third-order valence-corrected chi connectivity index (χ3v) is 25.9. The number of methoxy groups -OCH3 is 1. The van der Waals surface area contributed by atoms with Gasteiger partial charge in [-0.25, -0.2) is 57.1 Å². The number of hydrogen-bond donors (Lipinski definition) is 6. The molecule has 1 atom stereocenters. The molecule has 6 aromatic carbocycles. The summed E-state index contributed by atoms with van der Waals surface area (Å²) < 4.78 is 57.1. The van der Waals surface area contributed by atoms with Gasteiger partial charge in [-0.1, -0.05) is 97.9 Å². The van der Waals surface area contributed by atoms with Gasteiger partial charge in [0.05, 0.1) is 58.5 Å². The number of nitrogens with one attached hydrogen (secondary N) is 3. The van der Waals surface area contributed by atoms with Crippen LogP contribution in [0.25, 0.3) is 66.9 Å². The molecule has 6 fully saturated rings. The number of halogens is 3. The van der Waals surface area contributed by atoms with Gasteiger partial charge in [-0.05, 0) is 182 Å². The van der Waals surface area contributed by atoms with Crippen LogP contribution >= 0.6 is 0 Å². The van der Waals surface area contributed by atoms with Gasteiger partial charge in [0.25, 0.3) is 0 Å². The Morgan fingerprint density at radius 2 is 0.750 bits per heavy atom. The van der Waals surface area contributed by atoms with Gasteiger partial charge in [-0.15, -0.1) is 0 Å². The van der Waals surface area contributed by atoms with Crippen LogP contribution in [0, 0.1) is 17.5 Å². The summed E-state index contributed by atoms with van der Waals surface area (Å²) in [5, 5.41) is 26.8. The second kappa shape index (κ2) is 38.2. The molecule has 0 spiro atoms. The third kappa shape index (κ3) is 19.1. The van der Waals surface area contributed by atoms with Crippen LogP contribution in [0.15, 0.2) is 159 Å². The van der Waals surface area contributed by atoms with E-state index in [0.717, 1.165) is 191 Å². The quantitative estimate of drug-likeness (QED) is 0.0344. The highest BCUT2D eigenvalue weighted by molar-refractivity contribution is 6.00. The number of hydrogen-bond acceptors (Lipinski definition) is 22. The first-order chi connectivity index (χ1) is 58.5. The predicted octanol–water partition coefficient (Wildman–Crippen LogP) is 14.7. The van der Waals surface area contributed by atoms with Gasteiger partial charge >= 0.3 is 0 Å². The molecule has 120 heavy (non-hydrogen) atoms. The highest BCUT2D eigenvalue weighted by atomic mass is 19.1. The van der Waals surface area contributed by atoms with E-state index in [-0.39, 0.29) is 41.5 Å². The van der Waals surface area contributed by atoms with Crippen LogP contribution < -0.4 is 37.9 Å². The van der Waals surface area contributed by atoms with E-state index in [1.54, 1.807) is 37.4 Å². The second-order valence-corrected chi connectivity index (χ2v) is 33.7. The Labute approximate surface area is 701 Å². The average Bonchev–Trinajstić information content (AvgIpc) is 1.62. The van der Waals surface area contributed by atoms with Crippen molar-refractivity contribution < 1.29 is 17.9 Å². The first kappa shape index (κ1) is 82.8. The number of fused-ring (bicyclic) bond motifs is 3. The molecule has 3 aliphatic heterocycles. The summed E-state index contributed by atoms with van der Waals surface area (Å²) in [4.78, 5) is 41.6. The lowest BCUT2D eigenvalue weighted by molar-refractivity contribution is 0.0815. The van der Waals surface area contributed by atoms with Crippen LogP contribution in [0.4, 0.5) is 47.7 Å². The molecule has 9 heterocycles. The fourth-order valence-corrected chi connectivity index (χ4v) is 18.6. The van der Waals surface area contributed by atoms with Crippen molar-refractivity contribution in [1.82, 2.24) is 88.6 Å². The fourth-order valence-electron chi connectivity index (χ4n) is 18.6. The van der Waals surface area contributed by atoms with E-state index in [2.05, 4.69) is 128 Å². The zero-order valence-electron chi connectivity index (χ0n) is 69.9. The number of aromatic nitrogens is 12. The number of aryl methyl sites for hydroxylation is 1. The number of ether oxygens (including phenoxy) is 1. The predicted molar refractivity (Wildman–Crippen MR) is 473 cm³/mol. The minimum Gasteiger partial charge on any atom is -0.497 e. The van der Waals surface area contributed by atoms with Crippen LogP contribution in [0.5, 0.6) is 5.75 Å². The maximum absolute atomic E-state index is 15.3. The van der Waals surface area contributed by atoms with Crippen LogP contribution in [0.3, 0.4) is 0 Å². The Balaban J connectivity index is 0.000000134. The fraction of sp³-hybridized carbons (Fsp3) is 0.446. The molecule has 9 N–H and O–H groups in total. The number of nitrogens with zero attached hydrogens (tertiary/aromatic N) is 18. The molecule has 0 amide bonds. The Bertz CT molecular complexity index is 5370. The second-order valence-electron chi connectivity index (χ2n) is 33.7. The van der Waals surface area contributed by atoms with Crippen molar-refractivity contribution in [1.29, 1.82) is 0 Å². The summed E-state index contributed by atoms with van der Waals surface area (Å²) in [5.41, 5.74) is 30.1. The summed E-state index contributed by atoms with van der Waals surface area (Å²) >= 11 is 0. The van der Waals surface area contributed by atoms with Gasteiger partial charge in [-0.3, -0.25) is 14.7 Å². The molecule has 6 aliphatic rings.